The van der Waals surface area contributed by atoms with E-state index >= 15 is 0 Å². The molecule has 114 valence electrons. The Morgan fingerprint density at radius 3 is 2.50 bits per heavy atom. The number of ether oxygens (including phenoxy) is 2. The molecule has 0 heterocycles. The minimum Gasteiger partial charge on any atom is -0.497 e. The molecular formula is C17H17NO4. The highest BCUT2D eigenvalue weighted by atomic mass is 16.5. The van der Waals surface area contributed by atoms with Crippen molar-refractivity contribution in [1.29, 1.82) is 0 Å². The average Bonchev–Trinajstić information content (AvgIpc) is 2.56. The van der Waals surface area contributed by atoms with E-state index < -0.39 is 0 Å². The molecule has 0 radical (unpaired) electrons. The van der Waals surface area contributed by atoms with Crippen molar-refractivity contribution in [3.8, 4) is 11.5 Å². The Kier molecular flexibility index (Phi) is 5.14. The molecule has 2 aromatic rings. The average molecular weight is 299 g/mol. The number of amides is 1. The highest BCUT2D eigenvalue weighted by Crippen LogP contribution is 2.26. The number of rotatable bonds is 6. The van der Waals surface area contributed by atoms with Gasteiger partial charge in [-0.15, -0.1) is 0 Å². The Morgan fingerprint density at radius 1 is 1.18 bits per heavy atom. The Labute approximate surface area is 128 Å². The summed E-state index contributed by atoms with van der Waals surface area (Å²) in [4.78, 5) is 23.2. The third kappa shape index (κ3) is 3.63. The molecule has 0 aliphatic rings. The van der Waals surface area contributed by atoms with Gasteiger partial charge in [0.15, 0.2) is 0 Å². The maximum Gasteiger partial charge on any atom is 0.255 e. The lowest BCUT2D eigenvalue weighted by Gasteiger charge is -2.12. The molecule has 2 aromatic carbocycles. The van der Waals surface area contributed by atoms with E-state index in [9.17, 15) is 9.59 Å². The molecule has 0 spiro atoms. The summed E-state index contributed by atoms with van der Waals surface area (Å²) in [6.45, 7) is 2.31. The Balaban J connectivity index is 2.23. The first-order valence-electron chi connectivity index (χ1n) is 6.85. The van der Waals surface area contributed by atoms with Crippen LogP contribution in [0.15, 0.2) is 42.5 Å². The summed E-state index contributed by atoms with van der Waals surface area (Å²) in [5.74, 6) is 0.913. The van der Waals surface area contributed by atoms with Crippen LogP contribution in [0.1, 0.15) is 27.6 Å². The lowest BCUT2D eigenvalue weighted by atomic mass is 10.1. The standard InChI is InChI=1S/C17H17NO4/c1-3-22-16-9-4-12(11-19)10-15(16)18-17(20)13-5-7-14(21-2)8-6-13/h4-11H,3H2,1-2H3,(H,18,20). The highest BCUT2D eigenvalue weighted by molar-refractivity contribution is 6.05. The van der Waals surface area contributed by atoms with E-state index in [1.165, 1.54) is 0 Å². The van der Waals surface area contributed by atoms with Crippen LogP contribution in [-0.2, 0) is 0 Å². The predicted molar refractivity (Wildman–Crippen MR) is 83.9 cm³/mol. The molecule has 2 rings (SSSR count). The molecule has 1 N–H and O–H groups in total. The fourth-order valence-electron chi connectivity index (χ4n) is 1.94. The second-order valence-corrected chi connectivity index (χ2v) is 4.49. The summed E-state index contributed by atoms with van der Waals surface area (Å²) in [7, 11) is 1.56. The number of carbonyl (C=O) groups is 2. The van der Waals surface area contributed by atoms with Gasteiger partial charge in [0, 0.05) is 11.1 Å². The molecular weight excluding hydrogens is 282 g/mol. The summed E-state index contributed by atoms with van der Waals surface area (Å²) in [5, 5.41) is 2.76. The van der Waals surface area contributed by atoms with E-state index in [4.69, 9.17) is 9.47 Å². The summed E-state index contributed by atoms with van der Waals surface area (Å²) < 4.78 is 10.5. The summed E-state index contributed by atoms with van der Waals surface area (Å²) in [6.07, 6.45) is 0.721. The number of anilines is 1. The van der Waals surface area contributed by atoms with Crippen molar-refractivity contribution in [2.24, 2.45) is 0 Å². The lowest BCUT2D eigenvalue weighted by Crippen LogP contribution is -2.13. The SMILES string of the molecule is CCOc1ccc(C=O)cc1NC(=O)c1ccc(OC)cc1. The second-order valence-electron chi connectivity index (χ2n) is 4.49. The van der Waals surface area contributed by atoms with Crippen molar-refractivity contribution in [3.05, 3.63) is 53.6 Å². The van der Waals surface area contributed by atoms with Gasteiger partial charge in [0.1, 0.15) is 17.8 Å². The van der Waals surface area contributed by atoms with Crippen molar-refractivity contribution in [1.82, 2.24) is 0 Å². The van der Waals surface area contributed by atoms with Crippen LogP contribution in [-0.4, -0.2) is 25.9 Å². The van der Waals surface area contributed by atoms with E-state index in [-0.39, 0.29) is 5.91 Å². The largest absolute Gasteiger partial charge is 0.497 e. The molecule has 1 amide bonds. The molecule has 0 aliphatic carbocycles. The van der Waals surface area contributed by atoms with Gasteiger partial charge in [-0.1, -0.05) is 0 Å². The molecule has 0 saturated carbocycles. The quantitative estimate of drug-likeness (QED) is 0.832. The van der Waals surface area contributed by atoms with E-state index in [1.54, 1.807) is 49.6 Å². The molecule has 5 heteroatoms. The fourth-order valence-corrected chi connectivity index (χ4v) is 1.94. The normalized spacial score (nSPS) is 9.91. The zero-order chi connectivity index (χ0) is 15.9. The molecule has 0 saturated heterocycles. The van der Waals surface area contributed by atoms with Crippen LogP contribution in [0.5, 0.6) is 11.5 Å². The van der Waals surface area contributed by atoms with Gasteiger partial charge in [-0.2, -0.15) is 0 Å². The molecule has 0 aliphatic heterocycles. The zero-order valence-corrected chi connectivity index (χ0v) is 12.5. The van der Waals surface area contributed by atoms with Gasteiger partial charge in [0.2, 0.25) is 0 Å². The topological polar surface area (TPSA) is 64.6 Å². The van der Waals surface area contributed by atoms with Gasteiger partial charge >= 0.3 is 0 Å². The van der Waals surface area contributed by atoms with Crippen LogP contribution in [0.2, 0.25) is 0 Å². The number of hydrogen-bond acceptors (Lipinski definition) is 4. The van der Waals surface area contributed by atoms with Crippen molar-refractivity contribution in [2.75, 3.05) is 19.0 Å². The van der Waals surface area contributed by atoms with Gasteiger partial charge in [-0.3, -0.25) is 9.59 Å². The van der Waals surface area contributed by atoms with E-state index in [0.717, 1.165) is 6.29 Å². The number of carbonyl (C=O) groups excluding carboxylic acids is 2. The lowest BCUT2D eigenvalue weighted by molar-refractivity contribution is 0.102. The van der Waals surface area contributed by atoms with Crippen molar-refractivity contribution < 1.29 is 19.1 Å². The maximum atomic E-state index is 12.3. The number of aldehydes is 1. The zero-order valence-electron chi connectivity index (χ0n) is 12.5. The first kappa shape index (κ1) is 15.6. The maximum absolute atomic E-state index is 12.3. The number of nitrogens with one attached hydrogen (secondary N) is 1. The van der Waals surface area contributed by atoms with Crippen LogP contribution in [0.3, 0.4) is 0 Å². The number of hydrogen-bond donors (Lipinski definition) is 1. The Hall–Kier alpha value is -2.82. The van der Waals surface area contributed by atoms with Crippen LogP contribution in [0.25, 0.3) is 0 Å². The number of benzene rings is 2. The third-order valence-corrected chi connectivity index (χ3v) is 3.04. The minimum atomic E-state index is -0.286. The van der Waals surface area contributed by atoms with Crippen molar-refractivity contribution in [2.45, 2.75) is 6.92 Å². The van der Waals surface area contributed by atoms with Gasteiger partial charge in [0.25, 0.3) is 5.91 Å². The van der Waals surface area contributed by atoms with Crippen LogP contribution >= 0.6 is 0 Å². The Morgan fingerprint density at radius 2 is 1.91 bits per heavy atom. The van der Waals surface area contributed by atoms with E-state index in [0.29, 0.717) is 34.9 Å². The van der Waals surface area contributed by atoms with E-state index in [2.05, 4.69) is 5.32 Å². The van der Waals surface area contributed by atoms with Gasteiger partial charge in [-0.25, -0.2) is 0 Å². The van der Waals surface area contributed by atoms with Crippen LogP contribution in [0.4, 0.5) is 5.69 Å². The minimum absolute atomic E-state index is 0.286. The monoisotopic (exact) mass is 299 g/mol. The predicted octanol–water partition coefficient (Wildman–Crippen LogP) is 3.16. The first-order chi connectivity index (χ1) is 10.7. The molecule has 0 unspecified atom stereocenters. The summed E-state index contributed by atoms with van der Waals surface area (Å²) in [5.41, 5.74) is 1.42. The number of methoxy groups -OCH3 is 1. The Bertz CT molecular complexity index is 665. The van der Waals surface area contributed by atoms with Gasteiger partial charge in [-0.05, 0) is 49.4 Å². The van der Waals surface area contributed by atoms with Crippen molar-refractivity contribution in [3.63, 3.8) is 0 Å². The summed E-state index contributed by atoms with van der Waals surface area (Å²) >= 11 is 0. The van der Waals surface area contributed by atoms with Crippen LogP contribution < -0.4 is 14.8 Å². The van der Waals surface area contributed by atoms with Gasteiger partial charge < -0.3 is 14.8 Å². The third-order valence-electron chi connectivity index (χ3n) is 3.04. The molecule has 0 aromatic heterocycles. The first-order valence-corrected chi connectivity index (χ1v) is 6.85. The van der Waals surface area contributed by atoms with E-state index in [1.807, 2.05) is 6.92 Å². The second kappa shape index (κ2) is 7.26. The molecule has 0 atom stereocenters. The smallest absolute Gasteiger partial charge is 0.255 e. The van der Waals surface area contributed by atoms with Gasteiger partial charge in [0.05, 0.1) is 19.4 Å². The molecule has 0 bridgehead atoms. The molecule has 5 nitrogen and oxygen atoms in total. The molecule has 0 fully saturated rings. The van der Waals surface area contributed by atoms with Crippen molar-refractivity contribution >= 4 is 17.9 Å². The summed E-state index contributed by atoms with van der Waals surface area (Å²) in [6, 6.07) is 11.6. The molecule has 22 heavy (non-hydrogen) atoms. The highest BCUT2D eigenvalue weighted by Gasteiger charge is 2.11. The van der Waals surface area contributed by atoms with Crippen LogP contribution in [0, 0.1) is 0 Å². The fraction of sp³-hybridized carbons (Fsp3) is 0.176.